The summed E-state index contributed by atoms with van der Waals surface area (Å²) in [4.78, 5) is 13.9. The van der Waals surface area contributed by atoms with E-state index in [-0.39, 0.29) is 17.8 Å². The van der Waals surface area contributed by atoms with E-state index in [1.54, 1.807) is 0 Å². The van der Waals surface area contributed by atoms with Crippen LogP contribution in [-0.4, -0.2) is 37.0 Å². The van der Waals surface area contributed by atoms with Gasteiger partial charge in [0.25, 0.3) is 5.91 Å². The van der Waals surface area contributed by atoms with Crippen LogP contribution in [0.5, 0.6) is 0 Å². The second-order valence-corrected chi connectivity index (χ2v) is 6.41. The Morgan fingerprint density at radius 2 is 1.83 bits per heavy atom. The average molecular weight is 367 g/mol. The van der Waals surface area contributed by atoms with E-state index in [4.69, 9.17) is 0 Å². The van der Waals surface area contributed by atoms with Crippen molar-refractivity contribution in [3.8, 4) is 0 Å². The maximum absolute atomic E-state index is 13.8. The number of likely N-dealkylation sites (tertiary alicyclic amines) is 1. The normalized spacial score (nSPS) is 20.1. The van der Waals surface area contributed by atoms with Crippen LogP contribution in [0.25, 0.3) is 0 Å². The molecule has 1 N–H and O–H groups in total. The highest BCUT2D eigenvalue weighted by molar-refractivity contribution is 5.94. The SMILES string of the molecule is Cl.O=C(c1cc(C(F)(F)F)ccc1F)N1CCC2(CCNC2)CC1. The molecule has 0 radical (unpaired) electrons. The van der Waals surface area contributed by atoms with E-state index in [9.17, 15) is 22.4 Å². The minimum Gasteiger partial charge on any atom is -0.339 e. The standard InChI is InChI=1S/C16H18F4N2O.ClH/c17-13-2-1-11(16(18,19)20)9-12(13)14(23)22-7-4-15(5-8-22)3-6-21-10-15;/h1-2,9,21H,3-8,10H2;1H. The van der Waals surface area contributed by atoms with Crippen LogP contribution in [0, 0.1) is 11.2 Å². The molecule has 0 saturated carbocycles. The van der Waals surface area contributed by atoms with E-state index >= 15 is 0 Å². The molecule has 0 aliphatic carbocycles. The Bertz CT molecular complexity index is 605. The summed E-state index contributed by atoms with van der Waals surface area (Å²) in [5.41, 5.74) is -1.32. The van der Waals surface area contributed by atoms with Crippen LogP contribution < -0.4 is 5.32 Å². The Kier molecular flexibility index (Phi) is 5.44. The van der Waals surface area contributed by atoms with Gasteiger partial charge in [-0.25, -0.2) is 4.39 Å². The summed E-state index contributed by atoms with van der Waals surface area (Å²) >= 11 is 0. The van der Waals surface area contributed by atoms with Crippen LogP contribution in [0.15, 0.2) is 18.2 Å². The van der Waals surface area contributed by atoms with Crippen LogP contribution >= 0.6 is 12.4 Å². The van der Waals surface area contributed by atoms with Gasteiger partial charge in [-0.3, -0.25) is 4.79 Å². The third-order valence-electron chi connectivity index (χ3n) is 4.97. The van der Waals surface area contributed by atoms with Crippen molar-refractivity contribution in [2.45, 2.75) is 25.4 Å². The summed E-state index contributed by atoms with van der Waals surface area (Å²) in [6, 6.07) is 1.98. The zero-order valence-electron chi connectivity index (χ0n) is 13.0. The molecule has 24 heavy (non-hydrogen) atoms. The van der Waals surface area contributed by atoms with Crippen LogP contribution in [-0.2, 0) is 6.18 Å². The van der Waals surface area contributed by atoms with Gasteiger partial charge in [-0.1, -0.05) is 0 Å². The summed E-state index contributed by atoms with van der Waals surface area (Å²) < 4.78 is 52.1. The first-order valence-electron chi connectivity index (χ1n) is 7.68. The third-order valence-corrected chi connectivity index (χ3v) is 4.97. The fraction of sp³-hybridized carbons (Fsp3) is 0.562. The molecule has 2 heterocycles. The molecule has 0 aromatic heterocycles. The monoisotopic (exact) mass is 366 g/mol. The number of amides is 1. The first kappa shape index (κ1) is 19.0. The van der Waals surface area contributed by atoms with Crippen molar-refractivity contribution in [3.63, 3.8) is 0 Å². The zero-order valence-corrected chi connectivity index (χ0v) is 13.8. The van der Waals surface area contributed by atoms with E-state index < -0.39 is 29.0 Å². The van der Waals surface area contributed by atoms with E-state index in [1.807, 2.05) is 0 Å². The van der Waals surface area contributed by atoms with Gasteiger partial charge in [0.05, 0.1) is 11.1 Å². The number of carbonyl (C=O) groups is 1. The van der Waals surface area contributed by atoms with Crippen molar-refractivity contribution < 1.29 is 22.4 Å². The lowest BCUT2D eigenvalue weighted by Gasteiger charge is -2.39. The Hall–Kier alpha value is -1.34. The lowest BCUT2D eigenvalue weighted by Crippen LogP contribution is -2.44. The maximum Gasteiger partial charge on any atom is 0.416 e. The molecule has 0 bridgehead atoms. The Morgan fingerprint density at radius 1 is 1.17 bits per heavy atom. The number of benzene rings is 1. The summed E-state index contributed by atoms with van der Waals surface area (Å²) in [6.07, 6.45) is -1.95. The second kappa shape index (κ2) is 6.88. The van der Waals surface area contributed by atoms with Gasteiger partial charge in [0.15, 0.2) is 0 Å². The molecule has 1 amide bonds. The molecule has 3 nitrogen and oxygen atoms in total. The fourth-order valence-corrected chi connectivity index (χ4v) is 3.44. The van der Waals surface area contributed by atoms with Gasteiger partial charge in [0.1, 0.15) is 5.82 Å². The third kappa shape index (κ3) is 3.67. The first-order valence-corrected chi connectivity index (χ1v) is 7.68. The maximum atomic E-state index is 13.8. The summed E-state index contributed by atoms with van der Waals surface area (Å²) in [5, 5.41) is 3.30. The van der Waals surface area contributed by atoms with Gasteiger partial charge in [-0.05, 0) is 49.4 Å². The van der Waals surface area contributed by atoms with Gasteiger partial charge in [0.2, 0.25) is 0 Å². The van der Waals surface area contributed by atoms with E-state index in [1.165, 1.54) is 4.90 Å². The summed E-state index contributed by atoms with van der Waals surface area (Å²) in [7, 11) is 0. The number of piperidine rings is 1. The zero-order chi connectivity index (χ0) is 16.7. The molecule has 134 valence electrons. The molecule has 3 rings (SSSR count). The molecule has 8 heteroatoms. The number of halogens is 5. The number of nitrogens with zero attached hydrogens (tertiary/aromatic N) is 1. The molecular weight excluding hydrogens is 348 g/mol. The lowest BCUT2D eigenvalue weighted by molar-refractivity contribution is -0.137. The Morgan fingerprint density at radius 3 is 2.38 bits per heavy atom. The van der Waals surface area contributed by atoms with Crippen LogP contribution in [0.1, 0.15) is 35.2 Å². The average Bonchev–Trinajstić information content (AvgIpc) is 2.95. The predicted molar refractivity (Wildman–Crippen MR) is 83.7 cm³/mol. The molecule has 1 aromatic rings. The fourth-order valence-electron chi connectivity index (χ4n) is 3.44. The molecule has 2 aliphatic rings. The highest BCUT2D eigenvalue weighted by Crippen LogP contribution is 2.37. The number of alkyl halides is 3. The van der Waals surface area contributed by atoms with E-state index in [0.29, 0.717) is 31.3 Å². The number of hydrogen-bond donors (Lipinski definition) is 1. The van der Waals surface area contributed by atoms with Crippen molar-refractivity contribution >= 4 is 18.3 Å². The first-order chi connectivity index (χ1) is 10.8. The van der Waals surface area contributed by atoms with E-state index in [2.05, 4.69) is 5.32 Å². The summed E-state index contributed by atoms with van der Waals surface area (Å²) in [5.74, 6) is -1.57. The molecule has 2 saturated heterocycles. The molecule has 2 fully saturated rings. The Labute approximate surface area is 143 Å². The highest BCUT2D eigenvalue weighted by Gasteiger charge is 2.39. The topological polar surface area (TPSA) is 32.3 Å². The van der Waals surface area contributed by atoms with Crippen LogP contribution in [0.3, 0.4) is 0 Å². The lowest BCUT2D eigenvalue weighted by atomic mass is 9.78. The van der Waals surface area contributed by atoms with Crippen molar-refractivity contribution in [3.05, 3.63) is 35.1 Å². The second-order valence-electron chi connectivity index (χ2n) is 6.41. The quantitative estimate of drug-likeness (QED) is 0.772. The molecule has 1 aromatic carbocycles. The van der Waals surface area contributed by atoms with Gasteiger partial charge in [0, 0.05) is 19.6 Å². The van der Waals surface area contributed by atoms with Crippen molar-refractivity contribution in [1.29, 1.82) is 0 Å². The van der Waals surface area contributed by atoms with Gasteiger partial charge in [-0.2, -0.15) is 13.2 Å². The molecular formula is C16H19ClF4N2O. The number of rotatable bonds is 1. The largest absolute Gasteiger partial charge is 0.416 e. The van der Waals surface area contributed by atoms with Crippen molar-refractivity contribution in [1.82, 2.24) is 10.2 Å². The van der Waals surface area contributed by atoms with Crippen LogP contribution in [0.2, 0.25) is 0 Å². The van der Waals surface area contributed by atoms with Crippen molar-refractivity contribution in [2.24, 2.45) is 5.41 Å². The Balaban J connectivity index is 0.00000208. The minimum absolute atomic E-state index is 0. The van der Waals surface area contributed by atoms with Gasteiger partial charge in [-0.15, -0.1) is 12.4 Å². The predicted octanol–water partition coefficient (Wildman–Crippen LogP) is 3.48. The molecule has 2 aliphatic heterocycles. The molecule has 1 spiro atoms. The summed E-state index contributed by atoms with van der Waals surface area (Å²) in [6.45, 7) is 2.77. The van der Waals surface area contributed by atoms with Gasteiger partial charge >= 0.3 is 6.18 Å². The highest BCUT2D eigenvalue weighted by atomic mass is 35.5. The number of hydrogen-bond acceptors (Lipinski definition) is 2. The van der Waals surface area contributed by atoms with Crippen molar-refractivity contribution in [2.75, 3.05) is 26.2 Å². The molecule has 0 unspecified atom stereocenters. The minimum atomic E-state index is -4.59. The molecule has 0 atom stereocenters. The number of carbonyl (C=O) groups excluding carboxylic acids is 1. The van der Waals surface area contributed by atoms with E-state index in [0.717, 1.165) is 32.4 Å². The van der Waals surface area contributed by atoms with Crippen LogP contribution in [0.4, 0.5) is 17.6 Å². The van der Waals surface area contributed by atoms with Gasteiger partial charge < -0.3 is 10.2 Å². The smallest absolute Gasteiger partial charge is 0.339 e. The number of nitrogens with one attached hydrogen (secondary N) is 1.